The molecule has 6 heteroatoms. The predicted molar refractivity (Wildman–Crippen MR) is 95.3 cm³/mol. The van der Waals surface area contributed by atoms with Gasteiger partial charge in [0.2, 0.25) is 5.96 Å². The van der Waals surface area contributed by atoms with Gasteiger partial charge in [0.05, 0.1) is 11.2 Å². The second kappa shape index (κ2) is 6.00. The summed E-state index contributed by atoms with van der Waals surface area (Å²) in [6.45, 7) is 1.54. The average molecular weight is 320 g/mol. The first-order valence-corrected chi connectivity index (χ1v) is 7.32. The molecule has 3 rings (SSSR count). The van der Waals surface area contributed by atoms with Crippen LogP contribution in [0.5, 0.6) is 5.75 Å². The third-order valence-electron chi connectivity index (χ3n) is 3.72. The Balaban J connectivity index is 2.48. The molecule has 0 bridgehead atoms. The Morgan fingerprint density at radius 3 is 2.42 bits per heavy atom. The highest BCUT2D eigenvalue weighted by atomic mass is 16.3. The summed E-state index contributed by atoms with van der Waals surface area (Å²) < 4.78 is 1.52. The molecule has 3 aromatic rings. The van der Waals surface area contributed by atoms with Crippen LogP contribution in [0.25, 0.3) is 16.6 Å². The number of pyridine rings is 1. The lowest BCUT2D eigenvalue weighted by Crippen LogP contribution is -2.26. The van der Waals surface area contributed by atoms with Gasteiger partial charge in [-0.3, -0.25) is 14.8 Å². The van der Waals surface area contributed by atoms with E-state index < -0.39 is 11.5 Å². The van der Waals surface area contributed by atoms with Crippen molar-refractivity contribution >= 4 is 22.6 Å². The molecule has 0 saturated heterocycles. The number of aromatic nitrogens is 1. The monoisotopic (exact) mass is 320 g/mol. The van der Waals surface area contributed by atoms with Crippen LogP contribution in [0.4, 0.5) is 0 Å². The van der Waals surface area contributed by atoms with Gasteiger partial charge in [-0.2, -0.15) is 0 Å². The molecular weight excluding hydrogens is 304 g/mol. The quantitative estimate of drug-likeness (QED) is 0.499. The van der Waals surface area contributed by atoms with E-state index in [4.69, 9.17) is 11.1 Å². The number of nitrogens with two attached hydrogens (primary N) is 1. The molecule has 0 aliphatic heterocycles. The van der Waals surface area contributed by atoms with Crippen molar-refractivity contribution in [2.45, 2.75) is 6.92 Å². The highest BCUT2D eigenvalue weighted by Crippen LogP contribution is 2.28. The number of para-hydroxylation sites is 2. The summed E-state index contributed by atoms with van der Waals surface area (Å²) in [5, 5.41) is 18.4. The summed E-state index contributed by atoms with van der Waals surface area (Å²) in [6, 6.07) is 16.2. The van der Waals surface area contributed by atoms with Gasteiger partial charge < -0.3 is 10.8 Å². The molecule has 0 amide bonds. The molecule has 0 saturated carbocycles. The van der Waals surface area contributed by atoms with Crippen molar-refractivity contribution < 1.29 is 5.11 Å². The number of rotatable bonds is 2. The van der Waals surface area contributed by atoms with Crippen molar-refractivity contribution in [3.8, 4) is 11.4 Å². The number of nitrogens with zero attached hydrogens (tertiary/aromatic N) is 2. The van der Waals surface area contributed by atoms with Crippen molar-refractivity contribution in [3.05, 3.63) is 70.5 Å². The lowest BCUT2D eigenvalue weighted by molar-refractivity contribution is 0.478. The van der Waals surface area contributed by atoms with E-state index in [1.807, 2.05) is 30.3 Å². The van der Waals surface area contributed by atoms with E-state index in [1.165, 1.54) is 4.57 Å². The van der Waals surface area contributed by atoms with Crippen LogP contribution >= 0.6 is 0 Å². The van der Waals surface area contributed by atoms with Crippen LogP contribution in [-0.4, -0.2) is 21.3 Å². The number of aromatic hydroxyl groups is 1. The minimum Gasteiger partial charge on any atom is -0.506 e. The lowest BCUT2D eigenvalue weighted by atomic mass is 10.1. The number of benzene rings is 2. The van der Waals surface area contributed by atoms with Gasteiger partial charge in [-0.1, -0.05) is 30.3 Å². The molecule has 0 radical (unpaired) electrons. The van der Waals surface area contributed by atoms with Crippen molar-refractivity contribution in [2.75, 3.05) is 0 Å². The second-order valence-corrected chi connectivity index (χ2v) is 5.30. The normalized spacial score (nSPS) is 11.6. The van der Waals surface area contributed by atoms with E-state index in [0.717, 1.165) is 0 Å². The Morgan fingerprint density at radius 2 is 1.75 bits per heavy atom. The topological polar surface area (TPSA) is 104 Å². The van der Waals surface area contributed by atoms with Crippen LogP contribution in [0.15, 0.2) is 64.4 Å². The van der Waals surface area contributed by atoms with E-state index >= 15 is 0 Å². The molecule has 0 spiro atoms. The maximum atomic E-state index is 13.0. The fourth-order valence-corrected chi connectivity index (χ4v) is 2.72. The zero-order valence-corrected chi connectivity index (χ0v) is 13.0. The molecule has 6 nitrogen and oxygen atoms in total. The Morgan fingerprint density at radius 1 is 1.12 bits per heavy atom. The first kappa shape index (κ1) is 15.5. The maximum Gasteiger partial charge on any atom is 0.268 e. The standard InChI is InChI=1S/C18H16N4O2/c1-11(21-18(19)20)15-16(23)13-9-5-6-10-14(13)22(17(15)24)12-7-3-2-4-8-12/h2-10,23H,1H3,(H3,19,20)/b21-11+. The lowest BCUT2D eigenvalue weighted by Gasteiger charge is -2.15. The molecule has 2 aromatic carbocycles. The summed E-state index contributed by atoms with van der Waals surface area (Å²) >= 11 is 0. The van der Waals surface area contributed by atoms with Gasteiger partial charge >= 0.3 is 0 Å². The van der Waals surface area contributed by atoms with Crippen molar-refractivity contribution in [3.63, 3.8) is 0 Å². The minimum atomic E-state index is -0.425. The molecular formula is C18H16N4O2. The highest BCUT2D eigenvalue weighted by molar-refractivity contribution is 6.09. The fourth-order valence-electron chi connectivity index (χ4n) is 2.72. The van der Waals surface area contributed by atoms with Crippen molar-refractivity contribution in [1.82, 2.24) is 4.57 Å². The molecule has 0 atom stereocenters. The zero-order chi connectivity index (χ0) is 17.3. The number of aliphatic imine (C=N–C) groups is 1. The van der Waals surface area contributed by atoms with Gasteiger partial charge in [0.15, 0.2) is 0 Å². The number of fused-ring (bicyclic) bond motifs is 1. The molecule has 1 aromatic heterocycles. The van der Waals surface area contributed by atoms with Crippen LogP contribution in [-0.2, 0) is 0 Å². The van der Waals surface area contributed by atoms with Crippen LogP contribution in [0.2, 0.25) is 0 Å². The largest absolute Gasteiger partial charge is 0.506 e. The molecule has 1 heterocycles. The van der Waals surface area contributed by atoms with Gasteiger partial charge in [0.25, 0.3) is 5.56 Å². The number of guanidine groups is 1. The minimum absolute atomic E-state index is 0.0350. The van der Waals surface area contributed by atoms with Crippen molar-refractivity contribution in [1.29, 1.82) is 5.41 Å². The zero-order valence-electron chi connectivity index (χ0n) is 13.0. The first-order chi connectivity index (χ1) is 11.5. The van der Waals surface area contributed by atoms with Gasteiger partial charge in [-0.05, 0) is 31.2 Å². The van der Waals surface area contributed by atoms with Crippen LogP contribution in [0.1, 0.15) is 12.5 Å². The number of hydrogen-bond acceptors (Lipinski definition) is 3. The summed E-state index contributed by atoms with van der Waals surface area (Å²) in [7, 11) is 0. The van der Waals surface area contributed by atoms with Crippen molar-refractivity contribution in [2.24, 2.45) is 10.7 Å². The fraction of sp³-hybridized carbons (Fsp3) is 0.0556. The van der Waals surface area contributed by atoms with Gasteiger partial charge in [0.1, 0.15) is 11.3 Å². The third-order valence-corrected chi connectivity index (χ3v) is 3.72. The summed E-state index contributed by atoms with van der Waals surface area (Å²) in [5.41, 5.74) is 6.38. The average Bonchev–Trinajstić information content (AvgIpc) is 2.55. The van der Waals surface area contributed by atoms with Gasteiger partial charge in [-0.15, -0.1) is 0 Å². The smallest absolute Gasteiger partial charge is 0.268 e. The van der Waals surface area contributed by atoms with Crippen LogP contribution in [0.3, 0.4) is 0 Å². The van der Waals surface area contributed by atoms with Crippen LogP contribution < -0.4 is 11.3 Å². The van der Waals surface area contributed by atoms with E-state index in [-0.39, 0.29) is 17.0 Å². The van der Waals surface area contributed by atoms with Crippen LogP contribution in [0, 0.1) is 5.41 Å². The third kappa shape index (κ3) is 2.54. The molecule has 120 valence electrons. The molecule has 0 aliphatic rings. The second-order valence-electron chi connectivity index (χ2n) is 5.30. The first-order valence-electron chi connectivity index (χ1n) is 7.32. The van der Waals surface area contributed by atoms with E-state index in [1.54, 1.807) is 31.2 Å². The Bertz CT molecular complexity index is 1020. The Labute approximate surface area is 138 Å². The SMILES string of the molecule is C/C(=N\C(=N)N)c1c(O)c2ccccc2n(-c2ccccc2)c1=O. The predicted octanol–water partition coefficient (Wildman–Crippen LogP) is 2.40. The van der Waals surface area contributed by atoms with Gasteiger partial charge in [0, 0.05) is 11.1 Å². The Kier molecular flexibility index (Phi) is 3.87. The van der Waals surface area contributed by atoms with Gasteiger partial charge in [-0.25, -0.2) is 4.99 Å². The molecule has 4 N–H and O–H groups in total. The Hall–Kier alpha value is -3.41. The molecule has 0 fully saturated rings. The number of nitrogens with one attached hydrogen (secondary N) is 1. The maximum absolute atomic E-state index is 13.0. The molecule has 0 aliphatic carbocycles. The molecule has 0 unspecified atom stereocenters. The van der Waals surface area contributed by atoms with E-state index in [0.29, 0.717) is 16.6 Å². The van der Waals surface area contributed by atoms with E-state index in [2.05, 4.69) is 4.99 Å². The summed E-state index contributed by atoms with van der Waals surface area (Å²) in [5.74, 6) is -0.587. The van der Waals surface area contributed by atoms with E-state index in [9.17, 15) is 9.90 Å². The summed E-state index contributed by atoms with van der Waals surface area (Å²) in [6.07, 6.45) is 0. The highest BCUT2D eigenvalue weighted by Gasteiger charge is 2.19. The number of hydrogen-bond donors (Lipinski definition) is 3. The summed E-state index contributed by atoms with van der Waals surface area (Å²) in [4.78, 5) is 16.9. The molecule has 24 heavy (non-hydrogen) atoms.